The molecule has 0 aliphatic carbocycles. The highest BCUT2D eigenvalue weighted by molar-refractivity contribution is 7.17. The van der Waals surface area contributed by atoms with Crippen LogP contribution in [0.4, 0.5) is 5.69 Å². The van der Waals surface area contributed by atoms with E-state index in [0.29, 0.717) is 17.0 Å². The Morgan fingerprint density at radius 1 is 1.14 bits per heavy atom. The Bertz CT molecular complexity index is 1230. The summed E-state index contributed by atoms with van der Waals surface area (Å²) >= 11 is 1.45. The van der Waals surface area contributed by atoms with E-state index in [9.17, 15) is 9.59 Å². The van der Waals surface area contributed by atoms with Crippen molar-refractivity contribution in [2.75, 3.05) is 19.3 Å². The summed E-state index contributed by atoms with van der Waals surface area (Å²) in [6, 6.07) is 16.4. The Morgan fingerprint density at radius 2 is 1.86 bits per heavy atom. The molecule has 0 spiro atoms. The van der Waals surface area contributed by atoms with Crippen LogP contribution in [0.25, 0.3) is 21.5 Å². The highest BCUT2D eigenvalue weighted by atomic mass is 32.1. The molecule has 4 rings (SSSR count). The van der Waals surface area contributed by atoms with Crippen molar-refractivity contribution < 1.29 is 14.3 Å². The van der Waals surface area contributed by atoms with Gasteiger partial charge in [-0.1, -0.05) is 30.3 Å². The molecule has 0 aliphatic heterocycles. The fourth-order valence-electron chi connectivity index (χ4n) is 3.35. The van der Waals surface area contributed by atoms with Crippen molar-refractivity contribution in [1.82, 2.24) is 15.3 Å². The summed E-state index contributed by atoms with van der Waals surface area (Å²) in [5.41, 5.74) is 15.3. The minimum atomic E-state index is -0.318. The van der Waals surface area contributed by atoms with Crippen molar-refractivity contribution >= 4 is 40.8 Å². The van der Waals surface area contributed by atoms with Crippen molar-refractivity contribution in [1.29, 1.82) is 0 Å². The third-order valence-corrected chi connectivity index (χ3v) is 6.17. The number of aryl methyl sites for hydroxylation is 1. The van der Waals surface area contributed by atoms with Gasteiger partial charge in [-0.15, -0.1) is 11.3 Å². The van der Waals surface area contributed by atoms with Gasteiger partial charge in [-0.05, 0) is 64.4 Å². The first kappa shape index (κ1) is 29.7. The van der Waals surface area contributed by atoms with Crippen LogP contribution in [0.1, 0.15) is 42.4 Å². The smallest absolute Gasteiger partial charge is 0.293 e. The number of anilines is 1. The number of fused-ring (bicyclic) bond motifs is 1. The molecular formula is C28H37N5O3S. The number of benzene rings is 1. The normalized spacial score (nSPS) is 11.5. The van der Waals surface area contributed by atoms with Gasteiger partial charge in [0.15, 0.2) is 6.29 Å². The molecule has 0 bridgehead atoms. The van der Waals surface area contributed by atoms with E-state index in [1.165, 1.54) is 16.9 Å². The molecule has 0 fully saturated rings. The first-order valence-corrected chi connectivity index (χ1v) is 12.8. The molecule has 0 aliphatic rings. The van der Waals surface area contributed by atoms with E-state index < -0.39 is 0 Å². The summed E-state index contributed by atoms with van der Waals surface area (Å²) in [4.78, 5) is 29.3. The number of aldehydes is 1. The molecule has 6 N–H and O–H groups in total. The summed E-state index contributed by atoms with van der Waals surface area (Å²) in [7, 11) is 1.93. The van der Waals surface area contributed by atoms with E-state index in [1.807, 2.05) is 52.1 Å². The molecule has 0 radical (unpaired) electrons. The predicted molar refractivity (Wildman–Crippen MR) is 153 cm³/mol. The highest BCUT2D eigenvalue weighted by Crippen LogP contribution is 2.34. The van der Waals surface area contributed by atoms with Gasteiger partial charge in [0.2, 0.25) is 0 Å². The number of ether oxygens (including phenoxy) is 1. The number of aromatic amines is 1. The van der Waals surface area contributed by atoms with Gasteiger partial charge in [0, 0.05) is 35.4 Å². The quantitative estimate of drug-likeness (QED) is 0.243. The molecule has 1 atom stereocenters. The number of hydrogen-bond acceptors (Lipinski definition) is 8. The number of nitrogens with zero attached hydrogens (tertiary/aromatic N) is 1. The number of thiophene rings is 1. The second-order valence-corrected chi connectivity index (χ2v) is 10.4. The summed E-state index contributed by atoms with van der Waals surface area (Å²) in [5.74, 6) is 0. The van der Waals surface area contributed by atoms with Crippen LogP contribution in [0.3, 0.4) is 0 Å². The standard InChI is InChI=1S/C12H9N3OS.C11H18N2.C5H10O2/c13-9-5-15-12-11(9)8(3-4-14-12)10-2-1-7(6-16)17-10;1-13-9-11(12)8-7-10-5-3-2-4-6-10;1-5(2,3)7-4-6/h1-6H,13H2,(H,14,15);2-6,11,13H,7-9,12H2,1H3;4H,1-3H3. The van der Waals surface area contributed by atoms with Gasteiger partial charge in [0.1, 0.15) is 11.2 Å². The average molecular weight is 524 g/mol. The van der Waals surface area contributed by atoms with Gasteiger partial charge in [0.05, 0.1) is 16.0 Å². The van der Waals surface area contributed by atoms with Gasteiger partial charge in [-0.3, -0.25) is 9.59 Å². The van der Waals surface area contributed by atoms with Crippen LogP contribution in [0.5, 0.6) is 0 Å². The van der Waals surface area contributed by atoms with Gasteiger partial charge in [-0.2, -0.15) is 0 Å². The summed E-state index contributed by atoms with van der Waals surface area (Å²) in [5, 5.41) is 3.99. The maximum Gasteiger partial charge on any atom is 0.293 e. The Labute approximate surface area is 222 Å². The Balaban J connectivity index is 0.000000214. The zero-order valence-corrected chi connectivity index (χ0v) is 22.7. The van der Waals surface area contributed by atoms with Crippen molar-refractivity contribution in [3.63, 3.8) is 0 Å². The van der Waals surface area contributed by atoms with E-state index >= 15 is 0 Å². The molecule has 3 aromatic heterocycles. The number of aromatic nitrogens is 2. The lowest BCUT2D eigenvalue weighted by molar-refractivity contribution is -0.138. The Kier molecular flexibility index (Phi) is 12.0. The Morgan fingerprint density at radius 3 is 2.43 bits per heavy atom. The Hall–Kier alpha value is -3.53. The van der Waals surface area contributed by atoms with E-state index in [4.69, 9.17) is 11.5 Å². The SMILES string of the molecule is CC(C)(C)OC=O.CNCC(N)CCc1ccccc1.Nc1c[nH]c2nccc(-c3ccc(C=O)s3)c12. The number of H-pyrrole nitrogens is 1. The lowest BCUT2D eigenvalue weighted by atomic mass is 10.1. The maximum atomic E-state index is 10.7. The second-order valence-electron chi connectivity index (χ2n) is 9.31. The van der Waals surface area contributed by atoms with E-state index in [0.717, 1.165) is 47.1 Å². The molecule has 37 heavy (non-hydrogen) atoms. The van der Waals surface area contributed by atoms with E-state index in [2.05, 4.69) is 44.3 Å². The average Bonchev–Trinajstić information content (AvgIpc) is 3.51. The second kappa shape index (κ2) is 14.9. The molecule has 8 nitrogen and oxygen atoms in total. The molecule has 0 amide bonds. The van der Waals surface area contributed by atoms with Crippen LogP contribution >= 0.6 is 11.3 Å². The number of nitrogens with two attached hydrogens (primary N) is 2. The van der Waals surface area contributed by atoms with Gasteiger partial charge in [-0.25, -0.2) is 4.98 Å². The highest BCUT2D eigenvalue weighted by Gasteiger charge is 2.11. The zero-order chi connectivity index (χ0) is 27.3. The molecule has 4 aromatic rings. The molecule has 1 unspecified atom stereocenters. The molecular weight excluding hydrogens is 486 g/mol. The zero-order valence-electron chi connectivity index (χ0n) is 21.9. The molecule has 0 saturated carbocycles. The number of nitrogens with one attached hydrogen (secondary N) is 2. The largest absolute Gasteiger partial charge is 0.462 e. The molecule has 3 heterocycles. The minimum Gasteiger partial charge on any atom is -0.462 e. The van der Waals surface area contributed by atoms with Gasteiger partial charge < -0.3 is 26.5 Å². The third-order valence-electron chi connectivity index (χ3n) is 5.13. The maximum absolute atomic E-state index is 10.7. The minimum absolute atomic E-state index is 0.269. The molecule has 1 aromatic carbocycles. The molecule has 0 saturated heterocycles. The number of pyridine rings is 1. The van der Waals surface area contributed by atoms with Crippen LogP contribution in [-0.2, 0) is 16.0 Å². The van der Waals surface area contributed by atoms with E-state index in [-0.39, 0.29) is 11.6 Å². The van der Waals surface area contributed by atoms with Crippen LogP contribution in [0.15, 0.2) is 60.9 Å². The summed E-state index contributed by atoms with van der Waals surface area (Å²) < 4.78 is 4.55. The number of carbonyl (C=O) groups is 2. The number of hydrogen-bond donors (Lipinski definition) is 4. The van der Waals surface area contributed by atoms with Crippen LogP contribution < -0.4 is 16.8 Å². The third kappa shape index (κ3) is 10.2. The lowest BCUT2D eigenvalue weighted by Crippen LogP contribution is -2.32. The summed E-state index contributed by atoms with van der Waals surface area (Å²) in [6.45, 7) is 6.82. The van der Waals surface area contributed by atoms with Crippen LogP contribution in [0.2, 0.25) is 0 Å². The number of rotatable bonds is 8. The first-order chi connectivity index (χ1) is 17.7. The number of carbonyl (C=O) groups excluding carboxylic acids is 2. The number of likely N-dealkylation sites (N-methyl/N-ethyl adjacent to an activating group) is 1. The van der Waals surface area contributed by atoms with Crippen LogP contribution in [0, 0.1) is 0 Å². The van der Waals surface area contributed by atoms with Crippen molar-refractivity contribution in [2.24, 2.45) is 5.73 Å². The van der Waals surface area contributed by atoms with Gasteiger partial charge >= 0.3 is 0 Å². The van der Waals surface area contributed by atoms with Crippen molar-refractivity contribution in [3.05, 3.63) is 71.4 Å². The van der Waals surface area contributed by atoms with Crippen molar-refractivity contribution in [3.8, 4) is 10.4 Å². The molecule has 198 valence electrons. The molecule has 9 heteroatoms. The number of nitrogen functional groups attached to an aromatic ring is 1. The van der Waals surface area contributed by atoms with Crippen molar-refractivity contribution in [2.45, 2.75) is 45.3 Å². The first-order valence-electron chi connectivity index (χ1n) is 12.0. The fraction of sp³-hybridized carbons (Fsp3) is 0.321. The van der Waals surface area contributed by atoms with E-state index in [1.54, 1.807) is 12.4 Å². The van der Waals surface area contributed by atoms with Gasteiger partial charge in [0.25, 0.3) is 6.47 Å². The fourth-order valence-corrected chi connectivity index (χ4v) is 4.21. The summed E-state index contributed by atoms with van der Waals surface area (Å²) in [6.07, 6.45) is 6.44. The monoisotopic (exact) mass is 523 g/mol. The predicted octanol–water partition coefficient (Wildman–Crippen LogP) is 4.81. The topological polar surface area (TPSA) is 136 Å². The van der Waals surface area contributed by atoms with Crippen LogP contribution in [-0.4, -0.2) is 48.0 Å². The lowest BCUT2D eigenvalue weighted by Gasteiger charge is -2.14.